The summed E-state index contributed by atoms with van der Waals surface area (Å²) in [5.74, 6) is 1.07. The van der Waals surface area contributed by atoms with Crippen LogP contribution in [0.4, 0.5) is 0 Å². The maximum Gasteiger partial charge on any atom is 0.258 e. The smallest absolute Gasteiger partial charge is 0.258 e. The van der Waals surface area contributed by atoms with Crippen molar-refractivity contribution >= 4 is 11.8 Å². The number of carbonyl (C=O) groups is 2. The molecule has 154 valence electrons. The summed E-state index contributed by atoms with van der Waals surface area (Å²) in [4.78, 5) is 26.8. The van der Waals surface area contributed by atoms with Gasteiger partial charge in [0.25, 0.3) is 11.8 Å². The molecule has 6 nitrogen and oxygen atoms in total. The van der Waals surface area contributed by atoms with Crippen molar-refractivity contribution in [2.75, 3.05) is 26.3 Å². The Morgan fingerprint density at radius 1 is 1.03 bits per heavy atom. The van der Waals surface area contributed by atoms with Gasteiger partial charge in [-0.2, -0.15) is 0 Å². The third-order valence-electron chi connectivity index (χ3n) is 4.92. The number of aryl methyl sites for hydroxylation is 1. The zero-order valence-electron chi connectivity index (χ0n) is 17.0. The summed E-state index contributed by atoms with van der Waals surface area (Å²) in [6.45, 7) is 5.61. The maximum absolute atomic E-state index is 12.6. The van der Waals surface area contributed by atoms with Gasteiger partial charge in [-0.15, -0.1) is 0 Å². The number of rotatable bonds is 7. The molecule has 2 aromatic rings. The highest BCUT2D eigenvalue weighted by molar-refractivity contribution is 5.94. The fourth-order valence-corrected chi connectivity index (χ4v) is 3.44. The number of benzene rings is 2. The molecule has 0 bridgehead atoms. The van der Waals surface area contributed by atoms with E-state index in [1.54, 1.807) is 6.07 Å². The van der Waals surface area contributed by atoms with Gasteiger partial charge in [-0.1, -0.05) is 29.8 Å². The van der Waals surface area contributed by atoms with Crippen molar-refractivity contribution in [3.63, 3.8) is 0 Å². The lowest BCUT2D eigenvalue weighted by atomic mass is 10.0. The van der Waals surface area contributed by atoms with Gasteiger partial charge in [0.1, 0.15) is 0 Å². The van der Waals surface area contributed by atoms with E-state index in [0.717, 1.165) is 18.4 Å². The lowest BCUT2D eigenvalue weighted by Gasteiger charge is -2.32. The Morgan fingerprint density at radius 3 is 2.38 bits per heavy atom. The standard InChI is InChI=1S/C23H28N2O4/c1-3-28-20-9-4-5-10-21(20)29-16-22(26)24-19-11-13-25(14-12-19)23(27)18-8-6-7-17(2)15-18/h4-10,15,19H,3,11-14,16H2,1-2H3,(H,24,26). The molecule has 1 heterocycles. The van der Waals surface area contributed by atoms with E-state index in [9.17, 15) is 9.59 Å². The van der Waals surface area contributed by atoms with E-state index < -0.39 is 0 Å². The molecule has 1 saturated heterocycles. The fourth-order valence-electron chi connectivity index (χ4n) is 3.44. The second-order valence-corrected chi connectivity index (χ2v) is 7.17. The van der Waals surface area contributed by atoms with Crippen LogP contribution in [0.5, 0.6) is 11.5 Å². The summed E-state index contributed by atoms with van der Waals surface area (Å²) in [5, 5.41) is 3.01. The molecule has 0 saturated carbocycles. The lowest BCUT2D eigenvalue weighted by molar-refractivity contribution is -0.124. The molecule has 0 atom stereocenters. The molecule has 6 heteroatoms. The van der Waals surface area contributed by atoms with Gasteiger partial charge >= 0.3 is 0 Å². The Bertz CT molecular complexity index is 844. The summed E-state index contributed by atoms with van der Waals surface area (Å²) >= 11 is 0. The molecule has 1 aliphatic heterocycles. The van der Waals surface area contributed by atoms with Crippen LogP contribution in [0.2, 0.25) is 0 Å². The molecule has 3 rings (SSSR count). The van der Waals surface area contributed by atoms with Crippen LogP contribution < -0.4 is 14.8 Å². The monoisotopic (exact) mass is 396 g/mol. The number of piperidine rings is 1. The normalized spacial score (nSPS) is 14.3. The van der Waals surface area contributed by atoms with Crippen LogP contribution in [0.25, 0.3) is 0 Å². The minimum Gasteiger partial charge on any atom is -0.490 e. The first kappa shape index (κ1) is 20.7. The highest BCUT2D eigenvalue weighted by Crippen LogP contribution is 2.26. The average molecular weight is 396 g/mol. The number of hydrogen-bond acceptors (Lipinski definition) is 4. The Hall–Kier alpha value is -3.02. The molecule has 2 aromatic carbocycles. The van der Waals surface area contributed by atoms with Gasteiger partial charge in [-0.3, -0.25) is 9.59 Å². The van der Waals surface area contributed by atoms with E-state index in [2.05, 4.69) is 5.32 Å². The van der Waals surface area contributed by atoms with E-state index in [1.165, 1.54) is 0 Å². The Morgan fingerprint density at radius 2 is 1.72 bits per heavy atom. The second-order valence-electron chi connectivity index (χ2n) is 7.17. The molecule has 0 aliphatic carbocycles. The Labute approximate surface area is 171 Å². The minimum absolute atomic E-state index is 0.0503. The summed E-state index contributed by atoms with van der Waals surface area (Å²) in [6, 6.07) is 15.0. The molecule has 2 amide bonds. The average Bonchev–Trinajstić information content (AvgIpc) is 2.73. The zero-order valence-corrected chi connectivity index (χ0v) is 17.0. The van der Waals surface area contributed by atoms with Gasteiger partial charge in [0.2, 0.25) is 0 Å². The molecule has 0 spiro atoms. The highest BCUT2D eigenvalue weighted by atomic mass is 16.5. The number of hydrogen-bond donors (Lipinski definition) is 1. The van der Waals surface area contributed by atoms with Crippen molar-refractivity contribution < 1.29 is 19.1 Å². The fraction of sp³-hybridized carbons (Fsp3) is 0.391. The molecule has 29 heavy (non-hydrogen) atoms. The van der Waals surface area contributed by atoms with Crippen LogP contribution in [0, 0.1) is 6.92 Å². The summed E-state index contributed by atoms with van der Waals surface area (Å²) in [5.41, 5.74) is 1.79. The quantitative estimate of drug-likeness (QED) is 0.780. The van der Waals surface area contributed by atoms with E-state index in [-0.39, 0.29) is 24.5 Å². The minimum atomic E-state index is -0.167. The maximum atomic E-state index is 12.6. The van der Waals surface area contributed by atoms with Crippen molar-refractivity contribution in [2.24, 2.45) is 0 Å². The van der Waals surface area contributed by atoms with E-state index in [4.69, 9.17) is 9.47 Å². The van der Waals surface area contributed by atoms with Crippen molar-refractivity contribution in [1.82, 2.24) is 10.2 Å². The first-order valence-electron chi connectivity index (χ1n) is 10.1. The SMILES string of the molecule is CCOc1ccccc1OCC(=O)NC1CCN(C(=O)c2cccc(C)c2)CC1. The van der Waals surface area contributed by atoms with E-state index >= 15 is 0 Å². The molecule has 1 N–H and O–H groups in total. The molecule has 1 fully saturated rings. The molecular weight excluding hydrogens is 368 g/mol. The van der Waals surface area contributed by atoms with Gasteiger partial charge < -0.3 is 19.7 Å². The molecule has 0 radical (unpaired) electrons. The number of nitrogens with one attached hydrogen (secondary N) is 1. The van der Waals surface area contributed by atoms with E-state index in [0.29, 0.717) is 36.8 Å². The van der Waals surface area contributed by atoms with Crippen molar-refractivity contribution in [1.29, 1.82) is 0 Å². The van der Waals surface area contributed by atoms with Crippen LogP contribution in [-0.2, 0) is 4.79 Å². The summed E-state index contributed by atoms with van der Waals surface area (Å²) in [6.07, 6.45) is 1.47. The number of nitrogens with zero attached hydrogens (tertiary/aromatic N) is 1. The molecular formula is C23H28N2O4. The van der Waals surface area contributed by atoms with Crippen molar-refractivity contribution in [3.8, 4) is 11.5 Å². The van der Waals surface area contributed by atoms with Crippen molar-refractivity contribution in [3.05, 3.63) is 59.7 Å². The Kier molecular flexibility index (Phi) is 7.11. The van der Waals surface area contributed by atoms with E-state index in [1.807, 2.05) is 61.2 Å². The first-order chi connectivity index (χ1) is 14.1. The predicted molar refractivity (Wildman–Crippen MR) is 111 cm³/mol. The van der Waals surface area contributed by atoms with Crippen LogP contribution in [0.15, 0.2) is 48.5 Å². The summed E-state index contributed by atoms with van der Waals surface area (Å²) < 4.78 is 11.1. The number of ether oxygens (including phenoxy) is 2. The first-order valence-corrected chi connectivity index (χ1v) is 10.1. The number of carbonyl (C=O) groups excluding carboxylic acids is 2. The molecule has 1 aliphatic rings. The number of amides is 2. The van der Waals surface area contributed by atoms with Gasteiger partial charge in [0.15, 0.2) is 18.1 Å². The second kappa shape index (κ2) is 9.96. The van der Waals surface area contributed by atoms with Gasteiger partial charge in [0.05, 0.1) is 6.61 Å². The zero-order chi connectivity index (χ0) is 20.6. The highest BCUT2D eigenvalue weighted by Gasteiger charge is 2.24. The van der Waals surface area contributed by atoms with Gasteiger partial charge in [0, 0.05) is 24.7 Å². The lowest BCUT2D eigenvalue weighted by Crippen LogP contribution is -2.47. The van der Waals surface area contributed by atoms with Crippen LogP contribution in [0.1, 0.15) is 35.7 Å². The third kappa shape index (κ3) is 5.73. The van der Waals surface area contributed by atoms with Gasteiger partial charge in [-0.25, -0.2) is 0 Å². The Balaban J connectivity index is 1.45. The topological polar surface area (TPSA) is 67.9 Å². The van der Waals surface area contributed by atoms with Crippen LogP contribution >= 0.6 is 0 Å². The third-order valence-corrected chi connectivity index (χ3v) is 4.92. The molecule has 0 unspecified atom stereocenters. The summed E-state index contributed by atoms with van der Waals surface area (Å²) in [7, 11) is 0. The number of para-hydroxylation sites is 2. The van der Waals surface area contributed by atoms with Gasteiger partial charge in [-0.05, 0) is 51.0 Å². The van der Waals surface area contributed by atoms with Crippen LogP contribution in [-0.4, -0.2) is 49.1 Å². The number of likely N-dealkylation sites (tertiary alicyclic amines) is 1. The molecule has 0 aromatic heterocycles. The predicted octanol–water partition coefficient (Wildman–Crippen LogP) is 3.19. The van der Waals surface area contributed by atoms with Crippen molar-refractivity contribution in [2.45, 2.75) is 32.7 Å². The van der Waals surface area contributed by atoms with Crippen LogP contribution in [0.3, 0.4) is 0 Å². The largest absolute Gasteiger partial charge is 0.490 e.